The zero-order chi connectivity index (χ0) is 12.3. The predicted molar refractivity (Wildman–Crippen MR) is 61.4 cm³/mol. The van der Waals surface area contributed by atoms with Gasteiger partial charge in [0.1, 0.15) is 5.76 Å². The highest BCUT2D eigenvalue weighted by Gasteiger charge is 2.19. The van der Waals surface area contributed by atoms with E-state index < -0.39 is 16.8 Å². The van der Waals surface area contributed by atoms with Crippen LogP contribution in [0.25, 0.3) is 0 Å². The smallest absolute Gasteiger partial charge is 0.371 e. The van der Waals surface area contributed by atoms with E-state index >= 15 is 0 Å². The molecule has 1 aromatic rings. The molecule has 0 aromatic carbocycles. The van der Waals surface area contributed by atoms with Gasteiger partial charge in [-0.2, -0.15) is 0 Å². The monoisotopic (exact) mass is 258 g/mol. The molecular weight excluding hydrogens is 244 g/mol. The quantitative estimate of drug-likeness (QED) is 0.864. The summed E-state index contributed by atoms with van der Waals surface area (Å²) in [7, 11) is -1.07. The Morgan fingerprint density at radius 1 is 1.53 bits per heavy atom. The standard InChI is InChI=1S/C11H14O5S/c12-11(13)10-4-3-9(16-10)7-17(14)6-8-2-1-5-15-8/h3-4,8H,1-2,5-7H2,(H,12,13). The molecule has 1 aromatic heterocycles. The van der Waals surface area contributed by atoms with E-state index in [-0.39, 0.29) is 17.6 Å². The average molecular weight is 258 g/mol. The maximum Gasteiger partial charge on any atom is 0.371 e. The molecule has 94 valence electrons. The highest BCUT2D eigenvalue weighted by Crippen LogP contribution is 2.15. The first kappa shape index (κ1) is 12.3. The summed E-state index contributed by atoms with van der Waals surface area (Å²) >= 11 is 0. The van der Waals surface area contributed by atoms with Crippen molar-refractivity contribution in [2.75, 3.05) is 12.4 Å². The van der Waals surface area contributed by atoms with Gasteiger partial charge >= 0.3 is 5.97 Å². The molecule has 17 heavy (non-hydrogen) atoms. The second kappa shape index (κ2) is 5.46. The summed E-state index contributed by atoms with van der Waals surface area (Å²) in [5.41, 5.74) is 0. The van der Waals surface area contributed by atoms with Gasteiger partial charge in [-0.25, -0.2) is 4.79 Å². The van der Waals surface area contributed by atoms with Crippen LogP contribution in [0.3, 0.4) is 0 Å². The van der Waals surface area contributed by atoms with Crippen LogP contribution in [0, 0.1) is 0 Å². The van der Waals surface area contributed by atoms with Crippen LogP contribution in [0.15, 0.2) is 16.5 Å². The molecular formula is C11H14O5S. The van der Waals surface area contributed by atoms with Crippen molar-refractivity contribution in [1.82, 2.24) is 0 Å². The zero-order valence-corrected chi connectivity index (χ0v) is 10.1. The third-order valence-corrected chi connectivity index (χ3v) is 3.92. The lowest BCUT2D eigenvalue weighted by Gasteiger charge is -2.07. The summed E-state index contributed by atoms with van der Waals surface area (Å²) < 4.78 is 22.2. The second-order valence-corrected chi connectivity index (χ2v) is 5.46. The van der Waals surface area contributed by atoms with Gasteiger partial charge in [0, 0.05) is 17.4 Å². The molecule has 0 radical (unpaired) electrons. The van der Waals surface area contributed by atoms with Crippen LogP contribution in [-0.2, 0) is 21.3 Å². The molecule has 0 spiro atoms. The van der Waals surface area contributed by atoms with Gasteiger partial charge < -0.3 is 14.3 Å². The summed E-state index contributed by atoms with van der Waals surface area (Å²) in [4.78, 5) is 10.6. The lowest BCUT2D eigenvalue weighted by molar-refractivity contribution is 0.0660. The number of hydrogen-bond acceptors (Lipinski definition) is 4. The Hall–Kier alpha value is -1.14. The lowest BCUT2D eigenvalue weighted by atomic mass is 10.3. The van der Waals surface area contributed by atoms with Crippen LogP contribution in [0.2, 0.25) is 0 Å². The number of hydrogen-bond donors (Lipinski definition) is 1. The Kier molecular flexibility index (Phi) is 3.96. The van der Waals surface area contributed by atoms with Crippen molar-refractivity contribution in [2.24, 2.45) is 0 Å². The minimum absolute atomic E-state index is 0.0738. The molecule has 1 aliphatic heterocycles. The average Bonchev–Trinajstić information content (AvgIpc) is 2.88. The molecule has 1 N–H and O–H groups in total. The van der Waals surface area contributed by atoms with Gasteiger partial charge in [-0.1, -0.05) is 0 Å². The summed E-state index contributed by atoms with van der Waals surface area (Å²) in [6.45, 7) is 0.742. The number of rotatable bonds is 5. The van der Waals surface area contributed by atoms with Gasteiger partial charge in [0.25, 0.3) is 0 Å². The molecule has 2 rings (SSSR count). The first-order valence-corrected chi connectivity index (χ1v) is 6.92. The van der Waals surface area contributed by atoms with Gasteiger partial charge in [-0.05, 0) is 25.0 Å². The van der Waals surface area contributed by atoms with Crippen LogP contribution in [0.1, 0.15) is 29.2 Å². The second-order valence-electron chi connectivity index (χ2n) is 3.96. The number of aromatic carboxylic acids is 1. The predicted octanol–water partition coefficient (Wildman–Crippen LogP) is 1.41. The molecule has 2 unspecified atom stereocenters. The van der Waals surface area contributed by atoms with Crippen molar-refractivity contribution in [3.63, 3.8) is 0 Å². The fourth-order valence-electron chi connectivity index (χ4n) is 1.77. The summed E-state index contributed by atoms with van der Waals surface area (Å²) in [5, 5.41) is 8.67. The van der Waals surface area contributed by atoms with Crippen molar-refractivity contribution in [3.8, 4) is 0 Å². The van der Waals surface area contributed by atoms with E-state index in [2.05, 4.69) is 0 Å². The molecule has 0 bridgehead atoms. The van der Waals surface area contributed by atoms with Crippen LogP contribution in [-0.4, -0.2) is 33.7 Å². The zero-order valence-electron chi connectivity index (χ0n) is 9.26. The maximum absolute atomic E-state index is 11.8. The Bertz CT molecular complexity index is 419. The van der Waals surface area contributed by atoms with Gasteiger partial charge in [0.15, 0.2) is 0 Å². The lowest BCUT2D eigenvalue weighted by Crippen LogP contribution is -2.16. The van der Waals surface area contributed by atoms with Gasteiger partial charge in [0.05, 0.1) is 17.6 Å². The maximum atomic E-state index is 11.8. The molecule has 6 heteroatoms. The van der Waals surface area contributed by atoms with E-state index in [0.29, 0.717) is 11.5 Å². The highest BCUT2D eigenvalue weighted by molar-refractivity contribution is 7.84. The molecule has 1 fully saturated rings. The first-order valence-electron chi connectivity index (χ1n) is 5.44. The fraction of sp³-hybridized carbons (Fsp3) is 0.545. The normalized spacial score (nSPS) is 21.5. The number of carbonyl (C=O) groups is 1. The number of carboxylic acids is 1. The molecule has 1 aliphatic rings. The molecule has 1 saturated heterocycles. The van der Waals surface area contributed by atoms with Gasteiger partial charge in [0.2, 0.25) is 5.76 Å². The number of carboxylic acid groups (broad SMARTS) is 1. The summed E-state index contributed by atoms with van der Waals surface area (Å²) in [6.07, 6.45) is 2.04. The van der Waals surface area contributed by atoms with Crippen molar-refractivity contribution < 1.29 is 23.3 Å². The third-order valence-electron chi connectivity index (χ3n) is 2.57. The Morgan fingerprint density at radius 3 is 2.94 bits per heavy atom. The van der Waals surface area contributed by atoms with Crippen molar-refractivity contribution >= 4 is 16.8 Å². The van der Waals surface area contributed by atoms with E-state index in [1.165, 1.54) is 6.07 Å². The summed E-state index contributed by atoms with van der Waals surface area (Å²) in [5.74, 6) is -0.0509. The molecule has 0 amide bonds. The van der Waals surface area contributed by atoms with Gasteiger partial charge in [-0.15, -0.1) is 0 Å². The first-order chi connectivity index (χ1) is 8.15. The van der Waals surface area contributed by atoms with E-state index in [9.17, 15) is 9.00 Å². The van der Waals surface area contributed by atoms with Crippen LogP contribution in [0.5, 0.6) is 0 Å². The largest absolute Gasteiger partial charge is 0.475 e. The van der Waals surface area contributed by atoms with Crippen molar-refractivity contribution in [2.45, 2.75) is 24.7 Å². The van der Waals surface area contributed by atoms with Crippen LogP contribution >= 0.6 is 0 Å². The van der Waals surface area contributed by atoms with E-state index in [1.807, 2.05) is 0 Å². The van der Waals surface area contributed by atoms with Crippen molar-refractivity contribution in [1.29, 1.82) is 0 Å². The molecule has 2 heterocycles. The SMILES string of the molecule is O=C(O)c1ccc(CS(=O)CC2CCCO2)o1. The van der Waals surface area contributed by atoms with Crippen LogP contribution < -0.4 is 0 Å². The molecule has 2 atom stereocenters. The molecule has 5 nitrogen and oxygen atoms in total. The Balaban J connectivity index is 1.86. The van der Waals surface area contributed by atoms with E-state index in [1.54, 1.807) is 6.07 Å². The highest BCUT2D eigenvalue weighted by atomic mass is 32.2. The van der Waals surface area contributed by atoms with E-state index in [4.69, 9.17) is 14.3 Å². The third kappa shape index (κ3) is 3.41. The summed E-state index contributed by atoms with van der Waals surface area (Å²) in [6, 6.07) is 2.93. The minimum Gasteiger partial charge on any atom is -0.475 e. The van der Waals surface area contributed by atoms with E-state index in [0.717, 1.165) is 19.4 Å². The molecule has 0 saturated carbocycles. The van der Waals surface area contributed by atoms with Crippen LogP contribution in [0.4, 0.5) is 0 Å². The Morgan fingerprint density at radius 2 is 2.35 bits per heavy atom. The van der Waals surface area contributed by atoms with Crippen molar-refractivity contribution in [3.05, 3.63) is 23.7 Å². The minimum atomic E-state index is -1.11. The molecule has 0 aliphatic carbocycles. The topological polar surface area (TPSA) is 76.7 Å². The van der Waals surface area contributed by atoms with Gasteiger partial charge in [-0.3, -0.25) is 4.21 Å². The fourth-order valence-corrected chi connectivity index (χ4v) is 3.04. The Labute approximate surface area is 101 Å². The number of furan rings is 1. The number of ether oxygens (including phenoxy) is 1.